The lowest BCUT2D eigenvalue weighted by Gasteiger charge is -2.22. The van der Waals surface area contributed by atoms with Crippen LogP contribution in [0.1, 0.15) is 45.6 Å². The monoisotopic (exact) mass is 360 g/mol. The topological polar surface area (TPSA) is 75.7 Å². The number of hydrogen-bond donors (Lipinski definition) is 1. The molecule has 0 aromatic heterocycles. The average molecular weight is 360 g/mol. The molecule has 2 rings (SSSR count). The zero-order chi connectivity index (χ0) is 19.1. The number of ether oxygens (including phenoxy) is 1. The van der Waals surface area contributed by atoms with E-state index in [4.69, 9.17) is 4.74 Å². The largest absolute Gasteiger partial charge is 0.464 e. The summed E-state index contributed by atoms with van der Waals surface area (Å²) >= 11 is 0. The van der Waals surface area contributed by atoms with Crippen LogP contribution in [0.5, 0.6) is 0 Å². The number of carbonyl (C=O) groups excluding carboxylic acids is 3. The number of hydrogen-bond acceptors (Lipinski definition) is 4. The van der Waals surface area contributed by atoms with E-state index in [1.807, 2.05) is 38.1 Å². The first-order chi connectivity index (χ1) is 12.5. The van der Waals surface area contributed by atoms with Gasteiger partial charge < -0.3 is 15.0 Å². The van der Waals surface area contributed by atoms with Gasteiger partial charge in [0.25, 0.3) is 0 Å². The van der Waals surface area contributed by atoms with Crippen LogP contribution < -0.4 is 10.2 Å². The second kappa shape index (κ2) is 9.36. The Bertz CT molecular complexity index is 642. The Morgan fingerprint density at radius 2 is 1.92 bits per heavy atom. The fourth-order valence-corrected chi connectivity index (χ4v) is 3.03. The number of esters is 1. The molecule has 0 saturated carbocycles. The number of nitrogens with one attached hydrogen (secondary N) is 1. The summed E-state index contributed by atoms with van der Waals surface area (Å²) in [6, 6.07) is 6.80. The van der Waals surface area contributed by atoms with Crippen LogP contribution in [0, 0.1) is 5.92 Å². The molecule has 6 heteroatoms. The zero-order valence-corrected chi connectivity index (χ0v) is 15.8. The third-order valence-corrected chi connectivity index (χ3v) is 4.76. The molecule has 26 heavy (non-hydrogen) atoms. The fourth-order valence-electron chi connectivity index (χ4n) is 3.03. The van der Waals surface area contributed by atoms with Crippen molar-refractivity contribution >= 4 is 23.5 Å². The van der Waals surface area contributed by atoms with Gasteiger partial charge in [-0.1, -0.05) is 32.4 Å². The second-order valence-corrected chi connectivity index (χ2v) is 6.67. The second-order valence-electron chi connectivity index (χ2n) is 6.67. The summed E-state index contributed by atoms with van der Waals surface area (Å²) in [5, 5.41) is 2.80. The predicted molar refractivity (Wildman–Crippen MR) is 99.8 cm³/mol. The van der Waals surface area contributed by atoms with Crippen molar-refractivity contribution in [2.75, 3.05) is 18.1 Å². The molecule has 2 atom stereocenters. The molecule has 142 valence electrons. The van der Waals surface area contributed by atoms with E-state index in [1.54, 1.807) is 11.8 Å². The van der Waals surface area contributed by atoms with E-state index in [0.29, 0.717) is 13.0 Å². The number of rotatable bonds is 8. The van der Waals surface area contributed by atoms with Crippen LogP contribution in [0.2, 0.25) is 0 Å². The van der Waals surface area contributed by atoms with Crippen LogP contribution in [-0.2, 0) is 25.5 Å². The molecule has 1 aliphatic heterocycles. The maximum absolute atomic E-state index is 12.4. The van der Waals surface area contributed by atoms with Gasteiger partial charge >= 0.3 is 5.97 Å². The molecule has 0 bridgehead atoms. The van der Waals surface area contributed by atoms with Gasteiger partial charge in [-0.05, 0) is 37.0 Å². The lowest BCUT2D eigenvalue weighted by atomic mass is 9.99. The number of benzene rings is 1. The van der Waals surface area contributed by atoms with Crippen molar-refractivity contribution in [3.05, 3.63) is 29.8 Å². The van der Waals surface area contributed by atoms with Gasteiger partial charge in [0.1, 0.15) is 6.04 Å². The highest BCUT2D eigenvalue weighted by Gasteiger charge is 2.27. The molecule has 0 radical (unpaired) electrons. The molecule has 1 N–H and O–H groups in total. The minimum absolute atomic E-state index is 0.00144. The van der Waals surface area contributed by atoms with Gasteiger partial charge in [0.2, 0.25) is 11.8 Å². The van der Waals surface area contributed by atoms with Crippen molar-refractivity contribution < 1.29 is 19.1 Å². The molecule has 2 amide bonds. The standard InChI is InChI=1S/C20H28N2O4/c1-4-14(3)19(20(25)26-5-2)21-17(23)13-15-8-10-16(11-9-15)22-12-6-7-18(22)24/h8-11,14,19H,4-7,12-13H2,1-3H3,(H,21,23)/t14-,19+/m0/s1. The molecule has 1 aromatic carbocycles. The van der Waals surface area contributed by atoms with Crippen LogP contribution in [-0.4, -0.2) is 37.0 Å². The average Bonchev–Trinajstić information content (AvgIpc) is 3.06. The Morgan fingerprint density at radius 1 is 1.23 bits per heavy atom. The van der Waals surface area contributed by atoms with Crippen molar-refractivity contribution in [1.82, 2.24) is 5.32 Å². The third kappa shape index (κ3) is 5.07. The highest BCUT2D eigenvalue weighted by molar-refractivity contribution is 5.95. The zero-order valence-electron chi connectivity index (χ0n) is 15.8. The van der Waals surface area contributed by atoms with Gasteiger partial charge in [-0.2, -0.15) is 0 Å². The van der Waals surface area contributed by atoms with Gasteiger partial charge in [-0.3, -0.25) is 9.59 Å². The summed E-state index contributed by atoms with van der Waals surface area (Å²) in [7, 11) is 0. The Morgan fingerprint density at radius 3 is 2.46 bits per heavy atom. The summed E-state index contributed by atoms with van der Waals surface area (Å²) in [5.74, 6) is -0.464. The molecule has 1 heterocycles. The molecule has 6 nitrogen and oxygen atoms in total. The first-order valence-electron chi connectivity index (χ1n) is 9.31. The van der Waals surface area contributed by atoms with Gasteiger partial charge in [0.05, 0.1) is 13.0 Å². The van der Waals surface area contributed by atoms with E-state index in [9.17, 15) is 14.4 Å². The Balaban J connectivity index is 1.97. The van der Waals surface area contributed by atoms with Crippen molar-refractivity contribution in [2.24, 2.45) is 5.92 Å². The normalized spacial score (nSPS) is 16.3. The number of carbonyl (C=O) groups is 3. The van der Waals surface area contributed by atoms with Gasteiger partial charge in [-0.15, -0.1) is 0 Å². The number of amides is 2. The van der Waals surface area contributed by atoms with E-state index in [1.165, 1.54) is 0 Å². The fraction of sp³-hybridized carbons (Fsp3) is 0.550. The van der Waals surface area contributed by atoms with Crippen LogP contribution in [0.25, 0.3) is 0 Å². The molecule has 0 aliphatic carbocycles. The Hall–Kier alpha value is -2.37. The first kappa shape index (κ1) is 19.9. The molecule has 1 aromatic rings. The predicted octanol–water partition coefficient (Wildman–Crippen LogP) is 2.45. The van der Waals surface area contributed by atoms with E-state index in [0.717, 1.165) is 30.6 Å². The quantitative estimate of drug-likeness (QED) is 0.723. The SMILES string of the molecule is CCOC(=O)[C@H](NC(=O)Cc1ccc(N2CCCC2=O)cc1)[C@@H](C)CC. The number of nitrogens with zero attached hydrogens (tertiary/aromatic N) is 1. The van der Waals surface area contributed by atoms with E-state index < -0.39 is 12.0 Å². The van der Waals surface area contributed by atoms with E-state index >= 15 is 0 Å². The minimum Gasteiger partial charge on any atom is -0.464 e. The van der Waals surface area contributed by atoms with Crippen molar-refractivity contribution in [3.8, 4) is 0 Å². The van der Waals surface area contributed by atoms with E-state index in [-0.39, 0.29) is 24.2 Å². The molecule has 1 fully saturated rings. The Labute approximate surface area is 154 Å². The highest BCUT2D eigenvalue weighted by atomic mass is 16.5. The van der Waals surface area contributed by atoms with E-state index in [2.05, 4.69) is 5.32 Å². The van der Waals surface area contributed by atoms with Crippen LogP contribution in [0.3, 0.4) is 0 Å². The molecule has 0 spiro atoms. The third-order valence-electron chi connectivity index (χ3n) is 4.76. The van der Waals surface area contributed by atoms with Crippen LogP contribution >= 0.6 is 0 Å². The molecular formula is C20H28N2O4. The summed E-state index contributed by atoms with van der Waals surface area (Å²) < 4.78 is 5.07. The lowest BCUT2D eigenvalue weighted by Crippen LogP contribution is -2.46. The molecule has 1 saturated heterocycles. The molecule has 1 aliphatic rings. The highest BCUT2D eigenvalue weighted by Crippen LogP contribution is 2.21. The molecule has 0 unspecified atom stereocenters. The van der Waals surface area contributed by atoms with Gasteiger partial charge in [-0.25, -0.2) is 4.79 Å². The Kier molecular flexibility index (Phi) is 7.18. The minimum atomic E-state index is -0.631. The molecular weight excluding hydrogens is 332 g/mol. The summed E-state index contributed by atoms with van der Waals surface area (Å²) in [5.41, 5.74) is 1.70. The van der Waals surface area contributed by atoms with Crippen LogP contribution in [0.4, 0.5) is 5.69 Å². The number of anilines is 1. The summed E-state index contributed by atoms with van der Waals surface area (Å²) in [4.78, 5) is 38.0. The summed E-state index contributed by atoms with van der Waals surface area (Å²) in [6.45, 7) is 6.68. The maximum Gasteiger partial charge on any atom is 0.328 e. The lowest BCUT2D eigenvalue weighted by molar-refractivity contribution is -0.148. The smallest absolute Gasteiger partial charge is 0.328 e. The van der Waals surface area contributed by atoms with Gasteiger partial charge in [0, 0.05) is 18.7 Å². The van der Waals surface area contributed by atoms with Crippen molar-refractivity contribution in [2.45, 2.75) is 52.5 Å². The van der Waals surface area contributed by atoms with Crippen molar-refractivity contribution in [3.63, 3.8) is 0 Å². The van der Waals surface area contributed by atoms with Crippen LogP contribution in [0.15, 0.2) is 24.3 Å². The maximum atomic E-state index is 12.4. The van der Waals surface area contributed by atoms with Crippen molar-refractivity contribution in [1.29, 1.82) is 0 Å². The summed E-state index contributed by atoms with van der Waals surface area (Å²) in [6.07, 6.45) is 2.42. The van der Waals surface area contributed by atoms with Gasteiger partial charge in [0.15, 0.2) is 0 Å². The first-order valence-corrected chi connectivity index (χ1v) is 9.31.